The van der Waals surface area contributed by atoms with Gasteiger partial charge in [0.05, 0.1) is 5.56 Å². The van der Waals surface area contributed by atoms with E-state index in [9.17, 15) is 9.59 Å². The lowest BCUT2D eigenvalue weighted by molar-refractivity contribution is -0.123. The molecule has 31 heavy (non-hydrogen) atoms. The third-order valence-corrected chi connectivity index (χ3v) is 6.79. The number of aromatic nitrogens is 1. The van der Waals surface area contributed by atoms with E-state index in [0.717, 1.165) is 42.4 Å². The van der Waals surface area contributed by atoms with Gasteiger partial charge in [-0.15, -0.1) is 0 Å². The minimum atomic E-state index is -0.175. The molecule has 6 nitrogen and oxygen atoms in total. The maximum Gasteiger partial charge on any atom is 0.253 e. The molecular weight excluding hydrogens is 388 g/mol. The molecule has 2 aliphatic heterocycles. The third kappa shape index (κ3) is 4.95. The fraction of sp³-hybridized carbons (Fsp3) is 0.600. The first-order valence-corrected chi connectivity index (χ1v) is 11.6. The quantitative estimate of drug-likeness (QED) is 0.746. The predicted octanol–water partition coefficient (Wildman–Crippen LogP) is 3.46. The molecule has 3 heterocycles. The summed E-state index contributed by atoms with van der Waals surface area (Å²) in [7, 11) is 1.98. The molecule has 0 radical (unpaired) electrons. The number of aryl methyl sites for hydroxylation is 1. The topological polar surface area (TPSA) is 66.4 Å². The highest BCUT2D eigenvalue weighted by molar-refractivity contribution is 6.06. The molecule has 0 aliphatic carbocycles. The monoisotopic (exact) mass is 424 g/mol. The van der Waals surface area contributed by atoms with Gasteiger partial charge in [-0.1, -0.05) is 18.2 Å². The molecule has 1 unspecified atom stereocenters. The highest BCUT2D eigenvalue weighted by atomic mass is 16.2. The van der Waals surface area contributed by atoms with Crippen LogP contribution in [0, 0.1) is 5.92 Å². The van der Waals surface area contributed by atoms with Gasteiger partial charge in [0.2, 0.25) is 5.91 Å². The van der Waals surface area contributed by atoms with Gasteiger partial charge in [0, 0.05) is 61.3 Å². The van der Waals surface area contributed by atoms with Crippen LogP contribution in [0.1, 0.15) is 63.2 Å². The van der Waals surface area contributed by atoms with Crippen LogP contribution in [-0.2, 0) is 11.8 Å². The second-order valence-corrected chi connectivity index (χ2v) is 10.4. The maximum absolute atomic E-state index is 12.9. The molecule has 2 amide bonds. The maximum atomic E-state index is 12.9. The van der Waals surface area contributed by atoms with Crippen LogP contribution in [-0.4, -0.2) is 52.0 Å². The molecule has 1 aromatic carbocycles. The molecule has 2 saturated heterocycles. The SMILES string of the molecule is Cn1cc(C(=O)NCC2C[C@H]3CC[C@@H](C2)N3CCC(=O)NC(C)(C)C)c2ccccc21. The number of amides is 2. The number of nitrogens with one attached hydrogen (secondary N) is 2. The van der Waals surface area contributed by atoms with E-state index >= 15 is 0 Å². The Kier molecular flexibility index (Phi) is 6.11. The average Bonchev–Trinajstić information content (AvgIpc) is 3.16. The van der Waals surface area contributed by atoms with E-state index in [4.69, 9.17) is 0 Å². The van der Waals surface area contributed by atoms with E-state index in [1.165, 1.54) is 12.8 Å². The van der Waals surface area contributed by atoms with Crippen molar-refractivity contribution in [2.24, 2.45) is 13.0 Å². The number of benzene rings is 1. The van der Waals surface area contributed by atoms with Crippen LogP contribution >= 0.6 is 0 Å². The summed E-state index contributed by atoms with van der Waals surface area (Å²) < 4.78 is 2.01. The molecular formula is C25H36N4O2. The Morgan fingerprint density at radius 1 is 1.10 bits per heavy atom. The number of piperidine rings is 1. The average molecular weight is 425 g/mol. The van der Waals surface area contributed by atoms with E-state index in [1.807, 2.05) is 62.8 Å². The lowest BCUT2D eigenvalue weighted by atomic mass is 9.90. The minimum Gasteiger partial charge on any atom is -0.352 e. The van der Waals surface area contributed by atoms with E-state index in [1.54, 1.807) is 0 Å². The number of fused-ring (bicyclic) bond motifs is 3. The highest BCUT2D eigenvalue weighted by Crippen LogP contribution is 2.38. The van der Waals surface area contributed by atoms with Gasteiger partial charge in [0.1, 0.15) is 0 Å². The number of hydrogen-bond donors (Lipinski definition) is 2. The largest absolute Gasteiger partial charge is 0.352 e. The van der Waals surface area contributed by atoms with Crippen LogP contribution in [0.15, 0.2) is 30.5 Å². The van der Waals surface area contributed by atoms with E-state index in [2.05, 4.69) is 15.5 Å². The van der Waals surface area contributed by atoms with Crippen LogP contribution in [0.25, 0.3) is 10.9 Å². The zero-order valence-electron chi connectivity index (χ0n) is 19.3. The Hall–Kier alpha value is -2.34. The van der Waals surface area contributed by atoms with Crippen molar-refractivity contribution in [3.63, 3.8) is 0 Å². The van der Waals surface area contributed by atoms with Crippen molar-refractivity contribution in [3.8, 4) is 0 Å². The Balaban J connectivity index is 1.29. The van der Waals surface area contributed by atoms with Crippen LogP contribution in [0.2, 0.25) is 0 Å². The van der Waals surface area contributed by atoms with Crippen LogP contribution in [0.4, 0.5) is 0 Å². The molecule has 2 N–H and O–H groups in total. The van der Waals surface area contributed by atoms with E-state index in [-0.39, 0.29) is 17.4 Å². The molecule has 0 saturated carbocycles. The van der Waals surface area contributed by atoms with Gasteiger partial charge < -0.3 is 15.2 Å². The summed E-state index contributed by atoms with van der Waals surface area (Å²) in [6.07, 6.45) is 7.11. The molecule has 6 heteroatoms. The van der Waals surface area contributed by atoms with Gasteiger partial charge in [0.15, 0.2) is 0 Å². The lowest BCUT2D eigenvalue weighted by Crippen LogP contribution is -2.47. The van der Waals surface area contributed by atoms with Crippen molar-refractivity contribution < 1.29 is 9.59 Å². The van der Waals surface area contributed by atoms with Gasteiger partial charge in [-0.3, -0.25) is 14.5 Å². The summed E-state index contributed by atoms with van der Waals surface area (Å²) in [4.78, 5) is 27.6. The zero-order valence-corrected chi connectivity index (χ0v) is 19.3. The van der Waals surface area contributed by atoms with Crippen molar-refractivity contribution in [1.82, 2.24) is 20.1 Å². The lowest BCUT2D eigenvalue weighted by Gasteiger charge is -2.39. The number of hydrogen-bond acceptors (Lipinski definition) is 3. The van der Waals surface area contributed by atoms with Crippen molar-refractivity contribution in [3.05, 3.63) is 36.0 Å². The molecule has 0 spiro atoms. The van der Waals surface area contributed by atoms with Gasteiger partial charge in [-0.2, -0.15) is 0 Å². The Labute approximate surface area is 185 Å². The van der Waals surface area contributed by atoms with E-state index < -0.39 is 0 Å². The summed E-state index contributed by atoms with van der Waals surface area (Å²) in [6.45, 7) is 7.63. The van der Waals surface area contributed by atoms with Gasteiger partial charge >= 0.3 is 0 Å². The molecule has 3 atom stereocenters. The molecule has 4 rings (SSSR count). The number of carbonyl (C=O) groups is 2. The summed E-state index contributed by atoms with van der Waals surface area (Å²) in [5.74, 6) is 0.665. The van der Waals surface area contributed by atoms with Gasteiger partial charge in [0.25, 0.3) is 5.91 Å². The molecule has 168 valence electrons. The summed E-state index contributed by atoms with van der Waals surface area (Å²) in [5.41, 5.74) is 1.66. The summed E-state index contributed by atoms with van der Waals surface area (Å²) in [6, 6.07) is 9.12. The first kappa shape index (κ1) is 21.9. The Bertz CT molecular complexity index is 944. The molecule has 2 fully saturated rings. The smallest absolute Gasteiger partial charge is 0.253 e. The van der Waals surface area contributed by atoms with Crippen molar-refractivity contribution in [2.45, 2.75) is 70.5 Å². The standard InChI is InChI=1S/C25H36N4O2/c1-25(2,3)27-23(30)11-12-29-18-9-10-19(29)14-17(13-18)15-26-24(31)21-16-28(4)22-8-6-5-7-20(21)22/h5-8,16-19H,9-15H2,1-4H3,(H,26,31)(H,27,30)/t17?,18-,19+. The minimum absolute atomic E-state index is 0.0189. The number of para-hydroxylation sites is 1. The number of rotatable bonds is 6. The second-order valence-electron chi connectivity index (χ2n) is 10.4. The highest BCUT2D eigenvalue weighted by Gasteiger charge is 2.40. The Morgan fingerprint density at radius 3 is 2.45 bits per heavy atom. The van der Waals surface area contributed by atoms with Crippen molar-refractivity contribution >= 4 is 22.7 Å². The Morgan fingerprint density at radius 2 is 1.77 bits per heavy atom. The van der Waals surface area contributed by atoms with Crippen molar-refractivity contribution in [2.75, 3.05) is 13.1 Å². The summed E-state index contributed by atoms with van der Waals surface area (Å²) in [5, 5.41) is 7.27. The van der Waals surface area contributed by atoms with Crippen LogP contribution < -0.4 is 10.6 Å². The molecule has 2 bridgehead atoms. The molecule has 1 aromatic heterocycles. The van der Waals surface area contributed by atoms with E-state index in [0.29, 0.717) is 24.4 Å². The number of nitrogens with zero attached hydrogens (tertiary/aromatic N) is 2. The normalized spacial score (nSPS) is 23.8. The molecule has 2 aromatic rings. The summed E-state index contributed by atoms with van der Waals surface area (Å²) >= 11 is 0. The fourth-order valence-electron chi connectivity index (χ4n) is 5.48. The second kappa shape index (κ2) is 8.65. The number of carbonyl (C=O) groups excluding carboxylic acids is 2. The van der Waals surface area contributed by atoms with Crippen LogP contribution in [0.5, 0.6) is 0 Å². The third-order valence-electron chi connectivity index (χ3n) is 6.79. The van der Waals surface area contributed by atoms with Crippen molar-refractivity contribution in [1.29, 1.82) is 0 Å². The van der Waals surface area contributed by atoms with Gasteiger partial charge in [-0.25, -0.2) is 0 Å². The molecule has 2 aliphatic rings. The fourth-order valence-corrected chi connectivity index (χ4v) is 5.48. The predicted molar refractivity (Wildman–Crippen MR) is 124 cm³/mol. The first-order valence-electron chi connectivity index (χ1n) is 11.6. The zero-order chi connectivity index (χ0) is 22.2. The van der Waals surface area contributed by atoms with Crippen LogP contribution in [0.3, 0.4) is 0 Å². The first-order chi connectivity index (χ1) is 14.7. The van der Waals surface area contributed by atoms with Gasteiger partial charge in [-0.05, 0) is 58.4 Å².